The van der Waals surface area contributed by atoms with Gasteiger partial charge in [0.15, 0.2) is 0 Å². The maximum Gasteiger partial charge on any atom is 0.416 e. The van der Waals surface area contributed by atoms with Crippen LogP contribution in [-0.4, -0.2) is 30.6 Å². The molecule has 1 saturated heterocycles. The molecule has 1 aliphatic rings. The van der Waals surface area contributed by atoms with Gasteiger partial charge in [-0.05, 0) is 47.0 Å². The van der Waals surface area contributed by atoms with Gasteiger partial charge in [0.05, 0.1) is 11.6 Å². The summed E-state index contributed by atoms with van der Waals surface area (Å²) in [5, 5.41) is 9.26. The first-order valence-corrected chi connectivity index (χ1v) is 8.86. The third-order valence-corrected chi connectivity index (χ3v) is 4.86. The Labute approximate surface area is 147 Å². The number of likely N-dealkylation sites (tertiary alicyclic amines) is 1. The zero-order chi connectivity index (χ0) is 17.9. The molecule has 134 valence electrons. The van der Waals surface area contributed by atoms with Crippen molar-refractivity contribution in [3.8, 4) is 0 Å². The van der Waals surface area contributed by atoms with Crippen LogP contribution in [0.2, 0.25) is 0 Å². The van der Waals surface area contributed by atoms with Gasteiger partial charge >= 0.3 is 12.2 Å². The summed E-state index contributed by atoms with van der Waals surface area (Å²) < 4.78 is 38.2. The molecule has 2 amide bonds. The average molecular weight is 369 g/mol. The molecule has 0 spiro atoms. The number of alkyl halides is 3. The monoisotopic (exact) mass is 369 g/mol. The molecule has 8 heteroatoms. The van der Waals surface area contributed by atoms with Crippen LogP contribution in [0.25, 0.3) is 0 Å². The molecule has 3 rings (SSSR count). The third kappa shape index (κ3) is 4.52. The molecule has 1 atom stereocenters. The summed E-state index contributed by atoms with van der Waals surface area (Å²) >= 11 is 1.60. The minimum atomic E-state index is -4.43. The van der Waals surface area contributed by atoms with E-state index in [1.54, 1.807) is 11.3 Å². The Morgan fingerprint density at radius 2 is 2.08 bits per heavy atom. The number of hydrogen-bond donors (Lipinski definition) is 2. The van der Waals surface area contributed by atoms with Crippen LogP contribution in [0.1, 0.15) is 23.6 Å². The summed E-state index contributed by atoms with van der Waals surface area (Å²) in [6.07, 6.45) is -3.30. The second-order valence-corrected chi connectivity index (χ2v) is 6.66. The number of hydrogen-bond acceptors (Lipinski definition) is 3. The van der Waals surface area contributed by atoms with Crippen molar-refractivity contribution >= 4 is 23.1 Å². The lowest BCUT2D eigenvalue weighted by Gasteiger charge is -2.38. The maximum absolute atomic E-state index is 12.7. The van der Waals surface area contributed by atoms with E-state index in [-0.39, 0.29) is 11.7 Å². The Bertz CT molecular complexity index is 714. The molecule has 1 aromatic carbocycles. The predicted octanol–water partition coefficient (Wildman–Crippen LogP) is 4.34. The third-order valence-electron chi connectivity index (χ3n) is 4.16. The maximum atomic E-state index is 12.7. The number of nitrogens with one attached hydrogen (secondary N) is 2. The Morgan fingerprint density at radius 3 is 2.68 bits per heavy atom. The van der Waals surface area contributed by atoms with E-state index in [2.05, 4.69) is 20.9 Å². The Hall–Kier alpha value is -2.06. The number of benzene rings is 1. The van der Waals surface area contributed by atoms with Crippen LogP contribution < -0.4 is 10.6 Å². The molecular formula is C17H18F3N3OS. The van der Waals surface area contributed by atoms with Crippen molar-refractivity contribution in [2.24, 2.45) is 0 Å². The van der Waals surface area contributed by atoms with Crippen LogP contribution in [0, 0.1) is 0 Å². The zero-order valence-electron chi connectivity index (χ0n) is 13.3. The highest BCUT2D eigenvalue weighted by Gasteiger charge is 2.30. The molecule has 0 saturated carbocycles. The summed E-state index contributed by atoms with van der Waals surface area (Å²) in [4.78, 5) is 14.3. The van der Waals surface area contributed by atoms with E-state index in [4.69, 9.17) is 0 Å². The number of nitrogens with zero attached hydrogens (tertiary/aromatic N) is 1. The first kappa shape index (κ1) is 17.8. The summed E-state index contributed by atoms with van der Waals surface area (Å²) in [5.74, 6) is 0. The number of urea groups is 1. The molecule has 2 N–H and O–H groups in total. The molecule has 0 radical (unpaired) electrons. The normalized spacial score (nSPS) is 16.1. The van der Waals surface area contributed by atoms with E-state index in [1.165, 1.54) is 12.1 Å². The number of carbonyl (C=O) groups excluding carboxylic acids is 1. The van der Waals surface area contributed by atoms with Gasteiger partial charge in [-0.3, -0.25) is 4.90 Å². The van der Waals surface area contributed by atoms with E-state index in [9.17, 15) is 18.0 Å². The molecule has 1 unspecified atom stereocenters. The Balaban J connectivity index is 1.59. The van der Waals surface area contributed by atoms with Crippen LogP contribution in [0.5, 0.6) is 0 Å². The molecule has 25 heavy (non-hydrogen) atoms. The van der Waals surface area contributed by atoms with Crippen molar-refractivity contribution in [3.63, 3.8) is 0 Å². The van der Waals surface area contributed by atoms with Crippen molar-refractivity contribution in [1.82, 2.24) is 10.2 Å². The van der Waals surface area contributed by atoms with Gasteiger partial charge in [0.2, 0.25) is 0 Å². The van der Waals surface area contributed by atoms with Crippen LogP contribution in [-0.2, 0) is 6.18 Å². The number of amides is 2. The van der Waals surface area contributed by atoms with Gasteiger partial charge in [0.1, 0.15) is 0 Å². The van der Waals surface area contributed by atoms with Gasteiger partial charge in [0, 0.05) is 25.3 Å². The van der Waals surface area contributed by atoms with Gasteiger partial charge in [-0.25, -0.2) is 4.79 Å². The quantitative estimate of drug-likeness (QED) is 0.824. The van der Waals surface area contributed by atoms with E-state index in [1.807, 2.05) is 11.4 Å². The van der Waals surface area contributed by atoms with Gasteiger partial charge in [-0.1, -0.05) is 6.07 Å². The SMILES string of the molecule is O=C(NCC(c1ccsc1)N1CCC1)Nc1cccc(C(F)(F)F)c1. The second kappa shape index (κ2) is 7.45. The molecule has 4 nitrogen and oxygen atoms in total. The number of thiophene rings is 1. The van der Waals surface area contributed by atoms with E-state index < -0.39 is 17.8 Å². The fourth-order valence-electron chi connectivity index (χ4n) is 2.71. The summed E-state index contributed by atoms with van der Waals surface area (Å²) in [6, 6.07) is 6.20. The zero-order valence-corrected chi connectivity index (χ0v) is 14.2. The smallest absolute Gasteiger partial charge is 0.336 e. The lowest BCUT2D eigenvalue weighted by Crippen LogP contribution is -2.45. The van der Waals surface area contributed by atoms with Crippen molar-refractivity contribution < 1.29 is 18.0 Å². The Morgan fingerprint density at radius 1 is 1.28 bits per heavy atom. The fourth-order valence-corrected chi connectivity index (χ4v) is 3.42. The predicted molar refractivity (Wildman–Crippen MR) is 91.7 cm³/mol. The number of rotatable bonds is 5. The molecule has 1 aliphatic heterocycles. The van der Waals surface area contributed by atoms with Crippen LogP contribution in [0.4, 0.5) is 23.7 Å². The first-order chi connectivity index (χ1) is 11.9. The minimum absolute atomic E-state index is 0.0901. The second-order valence-electron chi connectivity index (χ2n) is 5.88. The van der Waals surface area contributed by atoms with Crippen molar-refractivity contribution in [2.45, 2.75) is 18.6 Å². The van der Waals surface area contributed by atoms with Crippen LogP contribution in [0.15, 0.2) is 41.1 Å². The van der Waals surface area contributed by atoms with Crippen molar-refractivity contribution in [1.29, 1.82) is 0 Å². The van der Waals surface area contributed by atoms with Crippen LogP contribution in [0.3, 0.4) is 0 Å². The van der Waals surface area contributed by atoms with E-state index in [0.29, 0.717) is 6.54 Å². The molecule has 1 fully saturated rings. The topological polar surface area (TPSA) is 44.4 Å². The standard InChI is InChI=1S/C17H18F3N3OS/c18-17(19,20)13-3-1-4-14(9-13)22-16(24)21-10-15(23-6-2-7-23)12-5-8-25-11-12/h1,3-5,8-9,11,15H,2,6-7,10H2,(H2,21,22,24). The minimum Gasteiger partial charge on any atom is -0.336 e. The van der Waals surface area contributed by atoms with Gasteiger partial charge in [-0.15, -0.1) is 0 Å². The lowest BCUT2D eigenvalue weighted by molar-refractivity contribution is -0.137. The Kier molecular flexibility index (Phi) is 5.29. The molecule has 1 aromatic heterocycles. The largest absolute Gasteiger partial charge is 0.416 e. The summed E-state index contributed by atoms with van der Waals surface area (Å²) in [6.45, 7) is 2.37. The van der Waals surface area contributed by atoms with Crippen molar-refractivity contribution in [3.05, 3.63) is 52.2 Å². The fraction of sp³-hybridized carbons (Fsp3) is 0.353. The van der Waals surface area contributed by atoms with Crippen LogP contribution >= 0.6 is 11.3 Å². The summed E-state index contributed by atoms with van der Waals surface area (Å²) in [7, 11) is 0. The lowest BCUT2D eigenvalue weighted by atomic mass is 10.0. The van der Waals surface area contributed by atoms with Gasteiger partial charge in [-0.2, -0.15) is 24.5 Å². The molecule has 0 aliphatic carbocycles. The van der Waals surface area contributed by atoms with E-state index >= 15 is 0 Å². The first-order valence-electron chi connectivity index (χ1n) is 7.92. The van der Waals surface area contributed by atoms with Gasteiger partial charge < -0.3 is 10.6 Å². The van der Waals surface area contributed by atoms with E-state index in [0.717, 1.165) is 37.2 Å². The highest BCUT2D eigenvalue weighted by molar-refractivity contribution is 7.07. The van der Waals surface area contributed by atoms with Gasteiger partial charge in [0.25, 0.3) is 0 Å². The number of anilines is 1. The number of carbonyl (C=O) groups is 1. The molecule has 0 bridgehead atoms. The van der Waals surface area contributed by atoms with Crippen molar-refractivity contribution in [2.75, 3.05) is 25.0 Å². The number of halogens is 3. The average Bonchev–Trinajstić information content (AvgIpc) is 3.03. The highest BCUT2D eigenvalue weighted by Crippen LogP contribution is 2.30. The molecular weight excluding hydrogens is 351 g/mol. The molecule has 2 heterocycles. The highest BCUT2D eigenvalue weighted by atomic mass is 32.1. The summed E-state index contributed by atoms with van der Waals surface area (Å²) in [5.41, 5.74) is 0.467. The molecule has 2 aromatic rings.